The summed E-state index contributed by atoms with van der Waals surface area (Å²) in [5, 5.41) is 2.55. The van der Waals surface area contributed by atoms with Crippen molar-refractivity contribution in [1.82, 2.24) is 0 Å². The molecule has 0 aliphatic carbocycles. The summed E-state index contributed by atoms with van der Waals surface area (Å²) in [4.78, 5) is 36.5. The van der Waals surface area contributed by atoms with Crippen LogP contribution in [0.3, 0.4) is 0 Å². The summed E-state index contributed by atoms with van der Waals surface area (Å²) in [5.41, 5.74) is 1.98. The molecule has 1 aromatic carbocycles. The Morgan fingerprint density at radius 2 is 2.00 bits per heavy atom. The highest BCUT2D eigenvalue weighted by atomic mass is 16.6. The first kappa shape index (κ1) is 18.1. The van der Waals surface area contributed by atoms with Crippen LogP contribution in [0.4, 0.5) is 16.2 Å². The maximum absolute atomic E-state index is 11.7. The number of esters is 1. The largest absolute Gasteiger partial charge is 0.462 e. The van der Waals surface area contributed by atoms with E-state index in [2.05, 4.69) is 16.9 Å². The van der Waals surface area contributed by atoms with E-state index in [1.54, 1.807) is 26.0 Å². The van der Waals surface area contributed by atoms with E-state index in [1.807, 2.05) is 0 Å². The number of aliphatic imine (C=N–C) groups is 1. The molecule has 7 nitrogen and oxygen atoms in total. The normalized spacial score (nSPS) is 9.48. The molecule has 1 amide bonds. The summed E-state index contributed by atoms with van der Waals surface area (Å²) in [7, 11) is 0. The van der Waals surface area contributed by atoms with E-state index in [-0.39, 0.29) is 13.2 Å². The predicted octanol–water partition coefficient (Wildman–Crippen LogP) is 3.02. The second-order valence-electron chi connectivity index (χ2n) is 4.73. The first-order chi connectivity index (χ1) is 10.9. The zero-order chi connectivity index (χ0) is 17.2. The summed E-state index contributed by atoms with van der Waals surface area (Å²) < 4.78 is 9.84. The third-order valence-corrected chi connectivity index (χ3v) is 2.74. The molecule has 0 heterocycles. The van der Waals surface area contributed by atoms with E-state index in [9.17, 15) is 14.4 Å². The summed E-state index contributed by atoms with van der Waals surface area (Å²) in [5.74, 6) is -0.474. The summed E-state index contributed by atoms with van der Waals surface area (Å²) in [6, 6.07) is 4.88. The maximum atomic E-state index is 11.7. The van der Waals surface area contributed by atoms with Crippen molar-refractivity contribution in [3.05, 3.63) is 35.9 Å². The van der Waals surface area contributed by atoms with Gasteiger partial charge in [-0.25, -0.2) is 14.4 Å². The highest BCUT2D eigenvalue weighted by Gasteiger charge is 2.07. The summed E-state index contributed by atoms with van der Waals surface area (Å²) >= 11 is 0. The van der Waals surface area contributed by atoms with Crippen LogP contribution in [0.15, 0.2) is 35.3 Å². The molecule has 0 fully saturated rings. The molecule has 0 aromatic heterocycles. The number of nitrogens with zero attached hydrogens (tertiary/aromatic N) is 1. The molecule has 1 N–H and O–H groups in total. The number of nitrogens with one attached hydrogen (secondary N) is 1. The van der Waals surface area contributed by atoms with Crippen LogP contribution in [-0.4, -0.2) is 31.4 Å². The van der Waals surface area contributed by atoms with E-state index < -0.39 is 12.1 Å². The molecule has 0 atom stereocenters. The van der Waals surface area contributed by atoms with Crippen LogP contribution >= 0.6 is 0 Å². The fourth-order valence-electron chi connectivity index (χ4n) is 1.52. The van der Waals surface area contributed by atoms with Gasteiger partial charge in [0.05, 0.1) is 18.9 Å². The SMILES string of the molecule is C=C(C)C(=O)OCCCOC(=O)Nc1cc(N=C=O)ccc1C. The lowest BCUT2D eigenvalue weighted by molar-refractivity contribution is -0.139. The van der Waals surface area contributed by atoms with Crippen LogP contribution in [0.2, 0.25) is 0 Å². The molecule has 1 rings (SSSR count). The van der Waals surface area contributed by atoms with Gasteiger partial charge in [0.25, 0.3) is 0 Å². The van der Waals surface area contributed by atoms with Gasteiger partial charge >= 0.3 is 12.1 Å². The molecule has 7 heteroatoms. The number of hydrogen-bond donors (Lipinski definition) is 1. The molecule has 0 aliphatic rings. The molecule has 0 unspecified atom stereocenters. The van der Waals surface area contributed by atoms with E-state index in [0.717, 1.165) is 5.56 Å². The molecule has 0 aliphatic heterocycles. The molecule has 1 aromatic rings. The van der Waals surface area contributed by atoms with Crippen LogP contribution in [0, 0.1) is 6.92 Å². The van der Waals surface area contributed by atoms with Crippen LogP contribution in [0.25, 0.3) is 0 Å². The smallest absolute Gasteiger partial charge is 0.411 e. The first-order valence-corrected chi connectivity index (χ1v) is 6.89. The van der Waals surface area contributed by atoms with Crippen molar-refractivity contribution >= 4 is 29.5 Å². The van der Waals surface area contributed by atoms with Gasteiger partial charge in [0.1, 0.15) is 0 Å². The Morgan fingerprint density at radius 1 is 1.30 bits per heavy atom. The summed E-state index contributed by atoms with van der Waals surface area (Å²) in [6.07, 6.45) is 1.16. The van der Waals surface area contributed by atoms with E-state index in [4.69, 9.17) is 9.47 Å². The fraction of sp³-hybridized carbons (Fsp3) is 0.312. The monoisotopic (exact) mass is 318 g/mol. The number of isocyanates is 1. The van der Waals surface area contributed by atoms with Crippen molar-refractivity contribution in [2.75, 3.05) is 18.5 Å². The molecule has 0 saturated carbocycles. The maximum Gasteiger partial charge on any atom is 0.411 e. The zero-order valence-corrected chi connectivity index (χ0v) is 13.0. The first-order valence-electron chi connectivity index (χ1n) is 6.89. The van der Waals surface area contributed by atoms with Gasteiger partial charge in [-0.1, -0.05) is 12.6 Å². The number of amides is 1. The number of anilines is 1. The van der Waals surface area contributed by atoms with Crippen molar-refractivity contribution in [3.8, 4) is 0 Å². The van der Waals surface area contributed by atoms with Gasteiger partial charge in [0.15, 0.2) is 0 Å². The van der Waals surface area contributed by atoms with Gasteiger partial charge in [-0.15, -0.1) is 0 Å². The van der Waals surface area contributed by atoms with Crippen molar-refractivity contribution < 1.29 is 23.9 Å². The van der Waals surface area contributed by atoms with E-state index in [0.29, 0.717) is 23.4 Å². The lowest BCUT2D eigenvalue weighted by Crippen LogP contribution is -2.16. The lowest BCUT2D eigenvalue weighted by atomic mass is 10.2. The second kappa shape index (κ2) is 9.17. The Labute approximate surface area is 134 Å². The fourth-order valence-corrected chi connectivity index (χ4v) is 1.52. The van der Waals surface area contributed by atoms with Gasteiger partial charge in [0, 0.05) is 17.7 Å². The van der Waals surface area contributed by atoms with Crippen molar-refractivity contribution in [3.63, 3.8) is 0 Å². The number of aryl methyl sites for hydroxylation is 1. The van der Waals surface area contributed by atoms with Crippen LogP contribution in [-0.2, 0) is 19.1 Å². The third-order valence-electron chi connectivity index (χ3n) is 2.74. The molecule has 0 bridgehead atoms. The number of benzene rings is 1. The predicted molar refractivity (Wildman–Crippen MR) is 84.3 cm³/mol. The Morgan fingerprint density at radius 3 is 2.65 bits per heavy atom. The lowest BCUT2D eigenvalue weighted by Gasteiger charge is -2.10. The van der Waals surface area contributed by atoms with Gasteiger partial charge in [-0.3, -0.25) is 5.32 Å². The number of ether oxygens (including phenoxy) is 2. The minimum absolute atomic E-state index is 0.0978. The van der Waals surface area contributed by atoms with Gasteiger partial charge < -0.3 is 9.47 Å². The van der Waals surface area contributed by atoms with Crippen LogP contribution in [0.1, 0.15) is 18.9 Å². The summed E-state index contributed by atoms with van der Waals surface area (Å²) in [6.45, 7) is 7.04. The minimum Gasteiger partial charge on any atom is -0.462 e. The molecule has 0 spiro atoms. The minimum atomic E-state index is -0.647. The van der Waals surface area contributed by atoms with E-state index >= 15 is 0 Å². The Hall–Kier alpha value is -2.92. The average Bonchev–Trinajstić information content (AvgIpc) is 2.50. The number of carbonyl (C=O) groups is 2. The third kappa shape index (κ3) is 6.58. The number of hydrogen-bond acceptors (Lipinski definition) is 6. The molecular weight excluding hydrogens is 300 g/mol. The van der Waals surface area contributed by atoms with Gasteiger partial charge in [-0.05, 0) is 31.5 Å². The molecule has 0 radical (unpaired) electrons. The second-order valence-corrected chi connectivity index (χ2v) is 4.73. The van der Waals surface area contributed by atoms with Crippen LogP contribution < -0.4 is 5.32 Å². The van der Waals surface area contributed by atoms with Crippen molar-refractivity contribution in [2.45, 2.75) is 20.3 Å². The quantitative estimate of drug-likeness (QED) is 0.274. The topological polar surface area (TPSA) is 94.1 Å². The molecule has 23 heavy (non-hydrogen) atoms. The highest BCUT2D eigenvalue weighted by Crippen LogP contribution is 2.22. The van der Waals surface area contributed by atoms with Crippen molar-refractivity contribution in [2.24, 2.45) is 4.99 Å². The van der Waals surface area contributed by atoms with Crippen LogP contribution in [0.5, 0.6) is 0 Å². The molecular formula is C16H18N2O5. The highest BCUT2D eigenvalue weighted by molar-refractivity contribution is 5.87. The number of carbonyl (C=O) groups excluding carboxylic acids is 3. The number of rotatable bonds is 7. The Kier molecular flexibility index (Phi) is 7.23. The average molecular weight is 318 g/mol. The van der Waals surface area contributed by atoms with Gasteiger partial charge in [0.2, 0.25) is 6.08 Å². The Bertz CT molecular complexity index is 648. The molecule has 122 valence electrons. The Balaban J connectivity index is 2.39. The van der Waals surface area contributed by atoms with E-state index in [1.165, 1.54) is 12.1 Å². The standard InChI is InChI=1S/C16H18N2O5/c1-11(2)15(20)22-7-4-8-23-16(21)18-14-9-13(17-10-19)6-5-12(14)3/h5-6,9H,1,4,7-8H2,2-3H3,(H,18,21). The zero-order valence-electron chi connectivity index (χ0n) is 13.0. The van der Waals surface area contributed by atoms with Gasteiger partial charge in [-0.2, -0.15) is 4.99 Å². The van der Waals surface area contributed by atoms with Crippen molar-refractivity contribution in [1.29, 1.82) is 0 Å². The molecule has 0 saturated heterocycles.